The Balaban J connectivity index is 2.57. The Morgan fingerprint density at radius 1 is 1.38 bits per heavy atom. The molecule has 1 aromatic heterocycles. The van der Waals surface area contributed by atoms with Gasteiger partial charge in [-0.25, -0.2) is 0 Å². The molecule has 1 aromatic rings. The minimum absolute atomic E-state index is 0.000368. The van der Waals surface area contributed by atoms with Crippen LogP contribution < -0.4 is 11.3 Å². The van der Waals surface area contributed by atoms with Crippen LogP contribution >= 0.6 is 0 Å². The third-order valence-electron chi connectivity index (χ3n) is 3.22. The number of rotatable bonds is 3. The Labute approximate surface area is 94.7 Å². The standard InChI is InChI=1S/C12H18N2O2/c13-8-10-7-9-3-1-2-4-11(9)14(5-6-15)12(10)16/h7,15H,1-6,8,13H2. The molecule has 0 atom stereocenters. The molecular weight excluding hydrogens is 204 g/mol. The molecule has 2 rings (SSSR count). The quantitative estimate of drug-likeness (QED) is 0.766. The van der Waals surface area contributed by atoms with E-state index in [0.29, 0.717) is 12.1 Å². The fraction of sp³-hybridized carbons (Fsp3) is 0.583. The molecule has 1 aliphatic carbocycles. The minimum atomic E-state index is -0.0304. The van der Waals surface area contributed by atoms with Gasteiger partial charge in [0.15, 0.2) is 0 Å². The van der Waals surface area contributed by atoms with Gasteiger partial charge in [0.05, 0.1) is 6.61 Å². The van der Waals surface area contributed by atoms with Gasteiger partial charge in [0, 0.05) is 24.3 Å². The fourth-order valence-electron chi connectivity index (χ4n) is 2.43. The van der Waals surface area contributed by atoms with Crippen molar-refractivity contribution in [1.82, 2.24) is 4.57 Å². The highest BCUT2D eigenvalue weighted by Crippen LogP contribution is 2.20. The van der Waals surface area contributed by atoms with Gasteiger partial charge in [-0.3, -0.25) is 4.79 Å². The summed E-state index contributed by atoms with van der Waals surface area (Å²) in [7, 11) is 0. The summed E-state index contributed by atoms with van der Waals surface area (Å²) in [5, 5.41) is 9.02. The van der Waals surface area contributed by atoms with E-state index in [-0.39, 0.29) is 18.7 Å². The van der Waals surface area contributed by atoms with E-state index < -0.39 is 0 Å². The van der Waals surface area contributed by atoms with Crippen LogP contribution in [0.3, 0.4) is 0 Å². The molecule has 4 heteroatoms. The molecule has 3 N–H and O–H groups in total. The molecule has 0 spiro atoms. The van der Waals surface area contributed by atoms with Crippen molar-refractivity contribution in [2.24, 2.45) is 5.73 Å². The maximum atomic E-state index is 12.0. The summed E-state index contributed by atoms with van der Waals surface area (Å²) in [5.74, 6) is 0. The van der Waals surface area contributed by atoms with Crippen molar-refractivity contribution >= 4 is 0 Å². The first kappa shape index (κ1) is 11.4. The lowest BCUT2D eigenvalue weighted by Crippen LogP contribution is -2.31. The summed E-state index contributed by atoms with van der Waals surface area (Å²) in [6.07, 6.45) is 4.26. The number of aliphatic hydroxyl groups excluding tert-OH is 1. The van der Waals surface area contributed by atoms with Crippen molar-refractivity contribution in [3.63, 3.8) is 0 Å². The van der Waals surface area contributed by atoms with Crippen LogP contribution in [-0.2, 0) is 25.9 Å². The molecule has 0 aliphatic heterocycles. The van der Waals surface area contributed by atoms with Crippen molar-refractivity contribution in [3.05, 3.63) is 33.2 Å². The highest BCUT2D eigenvalue weighted by molar-refractivity contribution is 5.29. The highest BCUT2D eigenvalue weighted by Gasteiger charge is 2.16. The van der Waals surface area contributed by atoms with Crippen LogP contribution in [0, 0.1) is 0 Å². The molecule has 1 aliphatic rings. The molecule has 0 bridgehead atoms. The van der Waals surface area contributed by atoms with Gasteiger partial charge >= 0.3 is 0 Å². The summed E-state index contributed by atoms with van der Waals surface area (Å²) in [4.78, 5) is 12.0. The maximum Gasteiger partial charge on any atom is 0.255 e. The van der Waals surface area contributed by atoms with Gasteiger partial charge in [0.2, 0.25) is 0 Å². The summed E-state index contributed by atoms with van der Waals surface area (Å²) in [5.41, 5.74) is 8.54. The number of aliphatic hydroxyl groups is 1. The van der Waals surface area contributed by atoms with Crippen molar-refractivity contribution < 1.29 is 5.11 Å². The van der Waals surface area contributed by atoms with Gasteiger partial charge in [-0.2, -0.15) is 0 Å². The molecule has 0 unspecified atom stereocenters. The topological polar surface area (TPSA) is 68.2 Å². The summed E-state index contributed by atoms with van der Waals surface area (Å²) in [6.45, 7) is 0.660. The Kier molecular flexibility index (Phi) is 3.41. The van der Waals surface area contributed by atoms with Crippen molar-refractivity contribution in [1.29, 1.82) is 0 Å². The number of nitrogens with two attached hydrogens (primary N) is 1. The molecule has 0 saturated carbocycles. The van der Waals surface area contributed by atoms with Gasteiger partial charge in [0.1, 0.15) is 0 Å². The first-order valence-electron chi connectivity index (χ1n) is 5.83. The lowest BCUT2D eigenvalue weighted by molar-refractivity contribution is 0.271. The average Bonchev–Trinajstić information content (AvgIpc) is 2.32. The number of hydrogen-bond donors (Lipinski definition) is 2. The molecule has 4 nitrogen and oxygen atoms in total. The van der Waals surface area contributed by atoms with E-state index in [2.05, 4.69) is 0 Å². The van der Waals surface area contributed by atoms with Crippen molar-refractivity contribution in [2.75, 3.05) is 6.61 Å². The van der Waals surface area contributed by atoms with Gasteiger partial charge in [0.25, 0.3) is 5.56 Å². The van der Waals surface area contributed by atoms with Crippen LogP contribution in [0.25, 0.3) is 0 Å². The van der Waals surface area contributed by atoms with Crippen LogP contribution in [0.2, 0.25) is 0 Å². The first-order valence-corrected chi connectivity index (χ1v) is 5.83. The normalized spacial score (nSPS) is 14.9. The van der Waals surface area contributed by atoms with Crippen molar-refractivity contribution in [2.45, 2.75) is 38.8 Å². The first-order chi connectivity index (χ1) is 7.77. The minimum Gasteiger partial charge on any atom is -0.395 e. The van der Waals surface area contributed by atoms with Crippen LogP contribution in [0.1, 0.15) is 29.7 Å². The molecule has 0 amide bonds. The van der Waals surface area contributed by atoms with Crippen LogP contribution in [0.5, 0.6) is 0 Å². The van der Waals surface area contributed by atoms with E-state index in [1.807, 2.05) is 6.07 Å². The van der Waals surface area contributed by atoms with E-state index in [0.717, 1.165) is 25.0 Å². The number of pyridine rings is 1. The summed E-state index contributed by atoms with van der Waals surface area (Å²) < 4.78 is 1.71. The predicted octanol–water partition coefficient (Wildman–Crippen LogP) is 0.178. The van der Waals surface area contributed by atoms with Crippen LogP contribution in [0.15, 0.2) is 10.9 Å². The second-order valence-electron chi connectivity index (χ2n) is 4.23. The van der Waals surface area contributed by atoms with E-state index in [9.17, 15) is 4.79 Å². The molecule has 1 heterocycles. The summed E-state index contributed by atoms with van der Waals surface area (Å²) in [6, 6.07) is 1.95. The van der Waals surface area contributed by atoms with Crippen molar-refractivity contribution in [3.8, 4) is 0 Å². The SMILES string of the molecule is NCc1cc2c(n(CCO)c1=O)CCCC2. The second kappa shape index (κ2) is 4.80. The smallest absolute Gasteiger partial charge is 0.255 e. The zero-order valence-electron chi connectivity index (χ0n) is 9.41. The highest BCUT2D eigenvalue weighted by atomic mass is 16.3. The monoisotopic (exact) mass is 222 g/mol. The molecule has 88 valence electrons. The molecule has 0 aromatic carbocycles. The van der Waals surface area contributed by atoms with E-state index in [1.165, 1.54) is 12.0 Å². The molecule has 0 saturated heterocycles. The predicted molar refractivity (Wildman–Crippen MR) is 62.3 cm³/mol. The van der Waals surface area contributed by atoms with Gasteiger partial charge in [-0.15, -0.1) is 0 Å². The van der Waals surface area contributed by atoms with E-state index in [4.69, 9.17) is 10.8 Å². The molecule has 0 radical (unpaired) electrons. The maximum absolute atomic E-state index is 12.0. The van der Waals surface area contributed by atoms with Crippen LogP contribution in [0.4, 0.5) is 0 Å². The lowest BCUT2D eigenvalue weighted by atomic mass is 9.94. The Bertz CT molecular complexity index is 437. The number of nitrogens with zero attached hydrogens (tertiary/aromatic N) is 1. The largest absolute Gasteiger partial charge is 0.395 e. The molecular formula is C12H18N2O2. The zero-order valence-corrected chi connectivity index (χ0v) is 9.41. The van der Waals surface area contributed by atoms with E-state index >= 15 is 0 Å². The number of aromatic nitrogens is 1. The third-order valence-corrected chi connectivity index (χ3v) is 3.22. The van der Waals surface area contributed by atoms with Gasteiger partial charge < -0.3 is 15.4 Å². The number of hydrogen-bond acceptors (Lipinski definition) is 3. The van der Waals surface area contributed by atoms with E-state index in [1.54, 1.807) is 4.57 Å². The number of aryl methyl sites for hydroxylation is 1. The van der Waals surface area contributed by atoms with Gasteiger partial charge in [-0.05, 0) is 37.3 Å². The van der Waals surface area contributed by atoms with Crippen LogP contribution in [-0.4, -0.2) is 16.3 Å². The van der Waals surface area contributed by atoms with Gasteiger partial charge in [-0.1, -0.05) is 0 Å². The summed E-state index contributed by atoms with van der Waals surface area (Å²) >= 11 is 0. The zero-order chi connectivity index (χ0) is 11.5. The fourth-order valence-corrected chi connectivity index (χ4v) is 2.43. The average molecular weight is 222 g/mol. The number of fused-ring (bicyclic) bond motifs is 1. The Morgan fingerprint density at radius 3 is 2.81 bits per heavy atom. The lowest BCUT2D eigenvalue weighted by Gasteiger charge is -2.21. The molecule has 16 heavy (non-hydrogen) atoms. The Morgan fingerprint density at radius 2 is 2.12 bits per heavy atom. The molecule has 0 fully saturated rings. The Hall–Kier alpha value is -1.13. The second-order valence-corrected chi connectivity index (χ2v) is 4.23. The third kappa shape index (κ3) is 1.90.